The summed E-state index contributed by atoms with van der Waals surface area (Å²) in [5.41, 5.74) is 9.69. The summed E-state index contributed by atoms with van der Waals surface area (Å²) < 4.78 is 0. The fraction of sp³-hybridized carbons (Fsp3) is 0. The molecule has 0 saturated heterocycles. The fourth-order valence-corrected chi connectivity index (χ4v) is 3.97. The monoisotopic (exact) mass is 521 g/mol. The summed E-state index contributed by atoms with van der Waals surface area (Å²) in [6, 6.07) is 28.0. The minimum absolute atomic E-state index is 0. The molecule has 7 heterocycles. The van der Waals surface area contributed by atoms with Crippen LogP contribution >= 0.6 is 0 Å². The second-order valence-corrected chi connectivity index (χ2v) is 8.34. The number of aromatic amines is 2. The van der Waals surface area contributed by atoms with Gasteiger partial charge >= 0.3 is 0 Å². The Labute approximate surface area is 224 Å². The van der Waals surface area contributed by atoms with Crippen molar-refractivity contribution < 1.29 is 17.1 Å². The van der Waals surface area contributed by atoms with E-state index >= 15 is 0 Å². The van der Waals surface area contributed by atoms with Crippen LogP contribution in [0.3, 0.4) is 0 Å². The number of hydrogen-bond acceptors (Lipinski definition) is 4. The van der Waals surface area contributed by atoms with Gasteiger partial charge in [0.25, 0.3) is 0 Å². The van der Waals surface area contributed by atoms with Gasteiger partial charge < -0.3 is 9.97 Å². The summed E-state index contributed by atoms with van der Waals surface area (Å²) in [6.45, 7) is 0. The third-order valence-corrected chi connectivity index (χ3v) is 5.63. The molecule has 8 bridgehead atoms. The van der Waals surface area contributed by atoms with E-state index in [1.165, 1.54) is 0 Å². The van der Waals surface area contributed by atoms with Crippen LogP contribution in [0.15, 0.2) is 97.3 Å². The first-order chi connectivity index (χ1) is 17.8. The van der Waals surface area contributed by atoms with E-state index in [0.717, 1.165) is 56.2 Å². The van der Waals surface area contributed by atoms with Gasteiger partial charge in [-0.1, -0.05) is 12.1 Å². The number of pyridine rings is 2. The van der Waals surface area contributed by atoms with Gasteiger partial charge in [-0.25, -0.2) is 9.97 Å². The molecule has 7 rings (SSSR count). The Morgan fingerprint density at radius 1 is 0.432 bits per heavy atom. The van der Waals surface area contributed by atoms with Gasteiger partial charge in [-0.3, -0.25) is 9.97 Å². The zero-order chi connectivity index (χ0) is 24.2. The quantitative estimate of drug-likeness (QED) is 0.233. The smallest absolute Gasteiger partial charge is 0.0886 e. The zero-order valence-electron chi connectivity index (χ0n) is 19.7. The van der Waals surface area contributed by atoms with Gasteiger partial charge in [0.15, 0.2) is 0 Å². The molecule has 37 heavy (non-hydrogen) atoms. The maximum absolute atomic E-state index is 4.63. The summed E-state index contributed by atoms with van der Waals surface area (Å²) in [4.78, 5) is 24.4. The molecule has 0 saturated carbocycles. The SMILES string of the molecule is C1=Cc2cc3ccc(cc4nc(cc5ccc(cc1n2)[nH]5)C=C4)[nH]3.[Mn].c1ccc(-c2ccccn2)nc1. The average molecular weight is 521 g/mol. The Morgan fingerprint density at radius 3 is 1.08 bits per heavy atom. The third kappa shape index (κ3) is 5.98. The summed E-state index contributed by atoms with van der Waals surface area (Å²) in [5.74, 6) is 0. The predicted octanol–water partition coefficient (Wildman–Crippen LogP) is 6.80. The van der Waals surface area contributed by atoms with Crippen molar-refractivity contribution in [1.29, 1.82) is 0 Å². The van der Waals surface area contributed by atoms with Gasteiger partial charge in [-0.2, -0.15) is 0 Å². The van der Waals surface area contributed by atoms with Gasteiger partial charge in [-0.15, -0.1) is 0 Å². The first kappa shape index (κ1) is 24.1. The Balaban J connectivity index is 0.000000183. The molecule has 7 heteroatoms. The first-order valence-electron chi connectivity index (χ1n) is 11.6. The number of hydrogen-bond donors (Lipinski definition) is 2. The van der Waals surface area contributed by atoms with Crippen LogP contribution in [0, 0.1) is 0 Å². The molecule has 0 fully saturated rings. The van der Waals surface area contributed by atoms with Crippen LogP contribution in [0.25, 0.3) is 57.8 Å². The molecule has 0 aromatic carbocycles. The molecule has 6 nitrogen and oxygen atoms in total. The average Bonchev–Trinajstić information content (AvgIpc) is 3.72. The molecule has 179 valence electrons. The Bertz CT molecular complexity index is 1520. The fourth-order valence-electron chi connectivity index (χ4n) is 3.97. The van der Waals surface area contributed by atoms with E-state index in [-0.39, 0.29) is 17.1 Å². The van der Waals surface area contributed by atoms with Gasteiger partial charge in [0.2, 0.25) is 0 Å². The Hall–Kier alpha value is -4.58. The van der Waals surface area contributed by atoms with Crippen molar-refractivity contribution in [2.75, 3.05) is 0 Å². The number of nitrogens with zero attached hydrogens (tertiary/aromatic N) is 4. The van der Waals surface area contributed by atoms with Gasteiger partial charge in [0.05, 0.1) is 34.2 Å². The van der Waals surface area contributed by atoms with Crippen molar-refractivity contribution in [2.24, 2.45) is 0 Å². The molecule has 0 aliphatic carbocycles. The van der Waals surface area contributed by atoms with Crippen LogP contribution < -0.4 is 0 Å². The second kappa shape index (κ2) is 11.0. The van der Waals surface area contributed by atoms with Crippen molar-refractivity contribution in [2.45, 2.75) is 0 Å². The molecule has 2 N–H and O–H groups in total. The van der Waals surface area contributed by atoms with Crippen molar-refractivity contribution in [3.63, 3.8) is 0 Å². The maximum atomic E-state index is 4.63. The second-order valence-electron chi connectivity index (χ2n) is 8.34. The van der Waals surface area contributed by atoms with Crippen LogP contribution in [-0.2, 0) is 17.1 Å². The molecule has 0 spiro atoms. The van der Waals surface area contributed by atoms with Crippen LogP contribution in [0.5, 0.6) is 0 Å². The number of H-pyrrole nitrogens is 2. The van der Waals surface area contributed by atoms with Crippen LogP contribution in [0.4, 0.5) is 0 Å². The maximum Gasteiger partial charge on any atom is 0.0886 e. The molecule has 2 aliphatic rings. The summed E-state index contributed by atoms with van der Waals surface area (Å²) in [5, 5.41) is 0. The molecule has 1 radical (unpaired) electrons. The van der Waals surface area contributed by atoms with Gasteiger partial charge in [0.1, 0.15) is 0 Å². The first-order valence-corrected chi connectivity index (χ1v) is 11.6. The molecule has 5 aromatic heterocycles. The molecule has 0 atom stereocenters. The molecule has 2 aliphatic heterocycles. The molecule has 0 amide bonds. The van der Waals surface area contributed by atoms with Crippen LogP contribution in [0.1, 0.15) is 22.8 Å². The van der Waals surface area contributed by atoms with E-state index in [9.17, 15) is 0 Å². The standard InChI is InChI=1S/C20H14N4.C10H8N2.Mn/c1-2-14-10-16-5-6-18(23-16)12-20-8-7-19(24-20)11-17-4-3-15(22-17)9-13(1)21-14;1-3-7-11-9(5-1)10-6-2-4-8-12-10;/h1-12,21,24H;1-8H;. The van der Waals surface area contributed by atoms with E-state index in [1.54, 1.807) is 12.4 Å². The number of nitrogens with one attached hydrogen (secondary N) is 2. The van der Waals surface area contributed by atoms with E-state index < -0.39 is 0 Å². The Kier molecular flexibility index (Phi) is 7.17. The molecule has 5 aromatic rings. The summed E-state index contributed by atoms with van der Waals surface area (Å²) >= 11 is 0. The minimum Gasteiger partial charge on any atom is -0.355 e. The topological polar surface area (TPSA) is 83.1 Å². The zero-order valence-corrected chi connectivity index (χ0v) is 20.9. The normalized spacial score (nSPS) is 11.4. The van der Waals surface area contributed by atoms with Crippen molar-refractivity contribution in [1.82, 2.24) is 29.9 Å². The summed E-state index contributed by atoms with van der Waals surface area (Å²) in [7, 11) is 0. The largest absolute Gasteiger partial charge is 0.355 e. The number of aromatic nitrogens is 6. The van der Waals surface area contributed by atoms with Gasteiger partial charge in [0, 0.05) is 51.5 Å². The van der Waals surface area contributed by atoms with E-state index in [0.29, 0.717) is 0 Å². The number of fused-ring (bicyclic) bond motifs is 8. The predicted molar refractivity (Wildman–Crippen MR) is 146 cm³/mol. The van der Waals surface area contributed by atoms with Crippen LogP contribution in [-0.4, -0.2) is 29.9 Å². The number of rotatable bonds is 1. The third-order valence-electron chi connectivity index (χ3n) is 5.63. The van der Waals surface area contributed by atoms with E-state index in [1.807, 2.05) is 85.0 Å². The van der Waals surface area contributed by atoms with Crippen LogP contribution in [0.2, 0.25) is 0 Å². The minimum atomic E-state index is 0. The van der Waals surface area contributed by atoms with Crippen molar-refractivity contribution >= 4 is 46.4 Å². The Morgan fingerprint density at radius 2 is 0.784 bits per heavy atom. The van der Waals surface area contributed by atoms with Crippen molar-refractivity contribution in [3.8, 4) is 11.4 Å². The molecule has 0 unspecified atom stereocenters. The summed E-state index contributed by atoms with van der Waals surface area (Å²) in [6.07, 6.45) is 11.6. The van der Waals surface area contributed by atoms with E-state index in [4.69, 9.17) is 0 Å². The van der Waals surface area contributed by atoms with E-state index in [2.05, 4.69) is 54.2 Å². The van der Waals surface area contributed by atoms with Crippen molar-refractivity contribution in [3.05, 3.63) is 120 Å². The molecular formula is C30H22MnN6. The van der Waals surface area contributed by atoms with Gasteiger partial charge in [-0.05, 0) is 97.1 Å². The molecular weight excluding hydrogens is 499 g/mol.